The van der Waals surface area contributed by atoms with Crippen molar-refractivity contribution in [2.45, 2.75) is 37.8 Å². The number of hydrogen-bond donors (Lipinski definition) is 1. The van der Waals surface area contributed by atoms with Gasteiger partial charge in [-0.25, -0.2) is 0 Å². The van der Waals surface area contributed by atoms with Crippen molar-refractivity contribution in [3.05, 3.63) is 0 Å². The standard InChI is InChI=1S/C13H21N3O2/c1-15-7-9(6-12(15)17)13(18)16-5-4-10-2-3-11(8-16)14-10/h9-11,14H,2-8H2,1H3. The predicted octanol–water partition coefficient (Wildman–Crippen LogP) is -0.182. The van der Waals surface area contributed by atoms with E-state index in [9.17, 15) is 9.59 Å². The molecule has 5 nitrogen and oxygen atoms in total. The Labute approximate surface area is 107 Å². The molecule has 3 fully saturated rings. The van der Waals surface area contributed by atoms with E-state index in [4.69, 9.17) is 0 Å². The van der Waals surface area contributed by atoms with Gasteiger partial charge in [-0.05, 0) is 19.3 Å². The molecule has 0 aromatic heterocycles. The predicted molar refractivity (Wildman–Crippen MR) is 66.9 cm³/mol. The summed E-state index contributed by atoms with van der Waals surface area (Å²) in [6.07, 6.45) is 3.88. The minimum atomic E-state index is -0.112. The topological polar surface area (TPSA) is 52.7 Å². The summed E-state index contributed by atoms with van der Waals surface area (Å²) < 4.78 is 0. The van der Waals surface area contributed by atoms with Crippen LogP contribution in [0.2, 0.25) is 0 Å². The highest BCUT2D eigenvalue weighted by Crippen LogP contribution is 2.24. The van der Waals surface area contributed by atoms with Gasteiger partial charge in [0.1, 0.15) is 0 Å². The molecule has 3 saturated heterocycles. The second-order valence-corrected chi connectivity index (χ2v) is 5.89. The van der Waals surface area contributed by atoms with Crippen LogP contribution in [0.3, 0.4) is 0 Å². The number of carbonyl (C=O) groups excluding carboxylic acids is 2. The Morgan fingerprint density at radius 2 is 2.00 bits per heavy atom. The van der Waals surface area contributed by atoms with E-state index in [-0.39, 0.29) is 17.7 Å². The number of hydrogen-bond acceptors (Lipinski definition) is 3. The molecule has 0 saturated carbocycles. The molecule has 0 aromatic carbocycles. The van der Waals surface area contributed by atoms with Crippen molar-refractivity contribution >= 4 is 11.8 Å². The zero-order chi connectivity index (χ0) is 12.7. The number of likely N-dealkylation sites (tertiary alicyclic amines) is 2. The van der Waals surface area contributed by atoms with Crippen LogP contribution in [0.5, 0.6) is 0 Å². The molecular weight excluding hydrogens is 230 g/mol. The fourth-order valence-electron chi connectivity index (χ4n) is 3.43. The smallest absolute Gasteiger partial charge is 0.228 e. The Kier molecular flexibility index (Phi) is 3.01. The van der Waals surface area contributed by atoms with Gasteiger partial charge in [0.25, 0.3) is 0 Å². The van der Waals surface area contributed by atoms with Gasteiger partial charge in [0.05, 0.1) is 5.92 Å². The lowest BCUT2D eigenvalue weighted by molar-refractivity contribution is -0.136. The summed E-state index contributed by atoms with van der Waals surface area (Å²) in [5, 5.41) is 3.57. The molecule has 3 atom stereocenters. The van der Waals surface area contributed by atoms with E-state index in [1.54, 1.807) is 11.9 Å². The summed E-state index contributed by atoms with van der Waals surface area (Å²) in [4.78, 5) is 27.6. The number of fused-ring (bicyclic) bond motifs is 2. The first-order chi connectivity index (χ1) is 8.63. The maximum Gasteiger partial charge on any atom is 0.228 e. The summed E-state index contributed by atoms with van der Waals surface area (Å²) >= 11 is 0. The van der Waals surface area contributed by atoms with E-state index < -0.39 is 0 Å². The minimum absolute atomic E-state index is 0.0998. The molecule has 0 radical (unpaired) electrons. The van der Waals surface area contributed by atoms with Gasteiger partial charge in [-0.1, -0.05) is 0 Å². The third-order valence-electron chi connectivity index (χ3n) is 4.53. The van der Waals surface area contributed by atoms with Gasteiger partial charge in [0, 0.05) is 45.2 Å². The quantitative estimate of drug-likeness (QED) is 0.703. The summed E-state index contributed by atoms with van der Waals surface area (Å²) in [7, 11) is 1.78. The van der Waals surface area contributed by atoms with Crippen molar-refractivity contribution in [2.24, 2.45) is 5.92 Å². The summed E-state index contributed by atoms with van der Waals surface area (Å²) in [6.45, 7) is 2.26. The molecule has 100 valence electrons. The minimum Gasteiger partial charge on any atom is -0.345 e. The van der Waals surface area contributed by atoms with Crippen molar-refractivity contribution in [1.82, 2.24) is 15.1 Å². The van der Waals surface area contributed by atoms with Crippen LogP contribution < -0.4 is 5.32 Å². The Morgan fingerprint density at radius 3 is 2.72 bits per heavy atom. The Hall–Kier alpha value is -1.10. The van der Waals surface area contributed by atoms with E-state index >= 15 is 0 Å². The van der Waals surface area contributed by atoms with Crippen molar-refractivity contribution in [1.29, 1.82) is 0 Å². The lowest BCUT2D eigenvalue weighted by Gasteiger charge is -2.26. The fourth-order valence-corrected chi connectivity index (χ4v) is 3.43. The monoisotopic (exact) mass is 251 g/mol. The Bertz CT molecular complexity index is 371. The van der Waals surface area contributed by atoms with Crippen molar-refractivity contribution in [3.8, 4) is 0 Å². The molecule has 18 heavy (non-hydrogen) atoms. The van der Waals surface area contributed by atoms with Crippen LogP contribution in [0.1, 0.15) is 25.7 Å². The molecule has 3 rings (SSSR count). The molecule has 3 aliphatic rings. The maximum absolute atomic E-state index is 12.4. The van der Waals surface area contributed by atoms with Crippen LogP contribution in [-0.4, -0.2) is 60.4 Å². The van der Waals surface area contributed by atoms with Crippen LogP contribution in [0, 0.1) is 5.92 Å². The molecule has 0 aromatic rings. The van der Waals surface area contributed by atoms with E-state index in [1.807, 2.05) is 4.90 Å². The first kappa shape index (κ1) is 12.0. The van der Waals surface area contributed by atoms with Gasteiger partial charge in [0.2, 0.25) is 11.8 Å². The first-order valence-corrected chi connectivity index (χ1v) is 6.92. The highest BCUT2D eigenvalue weighted by atomic mass is 16.2. The highest BCUT2D eigenvalue weighted by molar-refractivity contribution is 5.89. The second kappa shape index (κ2) is 4.53. The van der Waals surface area contributed by atoms with Gasteiger partial charge in [0.15, 0.2) is 0 Å². The molecule has 2 amide bonds. The molecule has 3 aliphatic heterocycles. The SMILES string of the molecule is CN1CC(C(=O)N2CCC3CCC(C2)N3)CC1=O. The zero-order valence-corrected chi connectivity index (χ0v) is 10.9. The molecule has 1 N–H and O–H groups in total. The molecule has 3 heterocycles. The lowest BCUT2D eigenvalue weighted by Crippen LogP contribution is -2.42. The van der Waals surface area contributed by atoms with E-state index in [1.165, 1.54) is 12.8 Å². The third kappa shape index (κ3) is 2.11. The van der Waals surface area contributed by atoms with Gasteiger partial charge in [-0.15, -0.1) is 0 Å². The number of carbonyl (C=O) groups is 2. The largest absolute Gasteiger partial charge is 0.345 e. The number of amides is 2. The Morgan fingerprint density at radius 1 is 1.22 bits per heavy atom. The highest BCUT2D eigenvalue weighted by Gasteiger charge is 2.37. The number of nitrogens with one attached hydrogen (secondary N) is 1. The molecule has 5 heteroatoms. The van der Waals surface area contributed by atoms with Crippen LogP contribution in [0.25, 0.3) is 0 Å². The zero-order valence-electron chi connectivity index (χ0n) is 10.9. The van der Waals surface area contributed by atoms with Gasteiger partial charge >= 0.3 is 0 Å². The van der Waals surface area contributed by atoms with Crippen LogP contribution in [-0.2, 0) is 9.59 Å². The molecule has 0 spiro atoms. The Balaban J connectivity index is 1.64. The lowest BCUT2D eigenvalue weighted by atomic mass is 10.0. The number of nitrogens with zero attached hydrogens (tertiary/aromatic N) is 2. The van der Waals surface area contributed by atoms with Gasteiger partial charge in [-0.3, -0.25) is 9.59 Å². The molecule has 3 unspecified atom stereocenters. The van der Waals surface area contributed by atoms with Crippen molar-refractivity contribution in [2.75, 3.05) is 26.7 Å². The average Bonchev–Trinajstić information content (AvgIpc) is 2.82. The summed E-state index contributed by atoms with van der Waals surface area (Å²) in [5.74, 6) is 0.170. The van der Waals surface area contributed by atoms with Crippen LogP contribution in [0.4, 0.5) is 0 Å². The third-order valence-corrected chi connectivity index (χ3v) is 4.53. The van der Waals surface area contributed by atoms with Crippen molar-refractivity contribution in [3.63, 3.8) is 0 Å². The van der Waals surface area contributed by atoms with Crippen LogP contribution in [0.15, 0.2) is 0 Å². The molecular formula is C13H21N3O2. The normalized spacial score (nSPS) is 36.1. The van der Waals surface area contributed by atoms with E-state index in [0.29, 0.717) is 25.0 Å². The van der Waals surface area contributed by atoms with E-state index in [0.717, 1.165) is 19.5 Å². The number of rotatable bonds is 1. The molecule has 0 aliphatic carbocycles. The fraction of sp³-hybridized carbons (Fsp3) is 0.846. The van der Waals surface area contributed by atoms with Gasteiger partial charge in [-0.2, -0.15) is 0 Å². The second-order valence-electron chi connectivity index (χ2n) is 5.89. The molecule has 2 bridgehead atoms. The first-order valence-electron chi connectivity index (χ1n) is 6.92. The van der Waals surface area contributed by atoms with E-state index in [2.05, 4.69) is 5.32 Å². The maximum atomic E-state index is 12.4. The van der Waals surface area contributed by atoms with Gasteiger partial charge < -0.3 is 15.1 Å². The average molecular weight is 251 g/mol. The summed E-state index contributed by atoms with van der Waals surface area (Å²) in [5.41, 5.74) is 0. The van der Waals surface area contributed by atoms with Crippen molar-refractivity contribution < 1.29 is 9.59 Å². The summed E-state index contributed by atoms with van der Waals surface area (Å²) in [6, 6.07) is 1.07. The van der Waals surface area contributed by atoms with Crippen LogP contribution >= 0.6 is 0 Å².